The molecule has 0 aliphatic heterocycles. The van der Waals surface area contributed by atoms with Gasteiger partial charge in [0.2, 0.25) is 5.88 Å². The fourth-order valence-corrected chi connectivity index (χ4v) is 2.69. The van der Waals surface area contributed by atoms with Crippen LogP contribution < -0.4 is 15.4 Å². The van der Waals surface area contributed by atoms with Gasteiger partial charge in [0.15, 0.2) is 5.96 Å². The second kappa shape index (κ2) is 11.5. The van der Waals surface area contributed by atoms with Crippen molar-refractivity contribution in [2.24, 2.45) is 4.99 Å². The monoisotopic (exact) mass is 446 g/mol. The first-order chi connectivity index (χ1) is 11.2. The van der Waals surface area contributed by atoms with Crippen LogP contribution in [0.2, 0.25) is 0 Å². The van der Waals surface area contributed by atoms with E-state index in [2.05, 4.69) is 41.4 Å². The fraction of sp³-hybridized carbons (Fsp3) is 0.667. The van der Waals surface area contributed by atoms with Gasteiger partial charge in [-0.05, 0) is 52.0 Å². The molecule has 0 saturated heterocycles. The highest BCUT2D eigenvalue weighted by Gasteiger charge is 2.15. The summed E-state index contributed by atoms with van der Waals surface area (Å²) in [6.07, 6.45) is 8.39. The number of nitrogens with one attached hydrogen (secondary N) is 2. The Balaban J connectivity index is 0.00000288. The first-order valence-corrected chi connectivity index (χ1v) is 8.83. The van der Waals surface area contributed by atoms with Gasteiger partial charge >= 0.3 is 0 Å². The SMILES string of the molecule is CCNC(=NCc1ccc(OC2CCCCC2)nc1)NC(C)C.I. The Labute approximate surface area is 163 Å². The van der Waals surface area contributed by atoms with E-state index in [0.29, 0.717) is 18.7 Å². The highest BCUT2D eigenvalue weighted by Crippen LogP contribution is 2.22. The van der Waals surface area contributed by atoms with Gasteiger partial charge in [-0.25, -0.2) is 9.98 Å². The summed E-state index contributed by atoms with van der Waals surface area (Å²) in [5.74, 6) is 1.57. The van der Waals surface area contributed by atoms with Gasteiger partial charge in [0.05, 0.1) is 6.54 Å². The maximum Gasteiger partial charge on any atom is 0.213 e. The van der Waals surface area contributed by atoms with Gasteiger partial charge in [0.1, 0.15) is 6.10 Å². The maximum absolute atomic E-state index is 5.96. The van der Waals surface area contributed by atoms with Crippen molar-refractivity contribution in [2.75, 3.05) is 6.54 Å². The smallest absolute Gasteiger partial charge is 0.213 e. The third-order valence-electron chi connectivity index (χ3n) is 3.83. The Morgan fingerprint density at radius 3 is 2.62 bits per heavy atom. The molecular formula is C18H31IN4O. The lowest BCUT2D eigenvalue weighted by Crippen LogP contribution is -2.40. The fourth-order valence-electron chi connectivity index (χ4n) is 2.69. The van der Waals surface area contributed by atoms with E-state index in [-0.39, 0.29) is 24.0 Å². The molecule has 0 aromatic carbocycles. The van der Waals surface area contributed by atoms with E-state index in [0.717, 1.165) is 36.8 Å². The number of aliphatic imine (C=N–C) groups is 1. The summed E-state index contributed by atoms with van der Waals surface area (Å²) >= 11 is 0. The largest absolute Gasteiger partial charge is 0.474 e. The Bertz CT molecular complexity index is 484. The average Bonchev–Trinajstić information content (AvgIpc) is 2.55. The zero-order chi connectivity index (χ0) is 16.5. The normalized spacial score (nSPS) is 15.8. The predicted molar refractivity (Wildman–Crippen MR) is 110 cm³/mol. The molecule has 0 radical (unpaired) electrons. The van der Waals surface area contributed by atoms with Crippen LogP contribution in [0, 0.1) is 0 Å². The van der Waals surface area contributed by atoms with Crippen LogP contribution in [-0.2, 0) is 6.54 Å². The molecule has 1 fully saturated rings. The number of pyridine rings is 1. The molecule has 0 unspecified atom stereocenters. The van der Waals surface area contributed by atoms with Gasteiger partial charge in [0, 0.05) is 24.8 Å². The van der Waals surface area contributed by atoms with Gasteiger partial charge in [0.25, 0.3) is 0 Å². The van der Waals surface area contributed by atoms with Crippen molar-refractivity contribution < 1.29 is 4.74 Å². The van der Waals surface area contributed by atoms with E-state index in [9.17, 15) is 0 Å². The van der Waals surface area contributed by atoms with Gasteiger partial charge in [-0.2, -0.15) is 0 Å². The van der Waals surface area contributed by atoms with E-state index >= 15 is 0 Å². The number of hydrogen-bond acceptors (Lipinski definition) is 3. The lowest BCUT2D eigenvalue weighted by atomic mass is 9.98. The number of hydrogen-bond donors (Lipinski definition) is 2. The van der Waals surface area contributed by atoms with Crippen LogP contribution in [-0.4, -0.2) is 29.6 Å². The number of aromatic nitrogens is 1. The van der Waals surface area contributed by atoms with Crippen molar-refractivity contribution in [3.63, 3.8) is 0 Å². The van der Waals surface area contributed by atoms with Crippen LogP contribution in [0.5, 0.6) is 5.88 Å². The Morgan fingerprint density at radius 2 is 2.04 bits per heavy atom. The number of ether oxygens (including phenoxy) is 1. The summed E-state index contributed by atoms with van der Waals surface area (Å²) in [5, 5.41) is 6.55. The highest BCUT2D eigenvalue weighted by molar-refractivity contribution is 14.0. The summed E-state index contributed by atoms with van der Waals surface area (Å²) in [5.41, 5.74) is 1.09. The molecule has 1 aromatic rings. The number of guanidine groups is 1. The van der Waals surface area contributed by atoms with Crippen molar-refractivity contribution in [2.45, 2.75) is 71.6 Å². The summed E-state index contributed by atoms with van der Waals surface area (Å²) < 4.78 is 5.96. The molecule has 1 aliphatic carbocycles. The molecule has 5 nitrogen and oxygen atoms in total. The summed E-state index contributed by atoms with van der Waals surface area (Å²) in [4.78, 5) is 9.01. The molecule has 1 aliphatic rings. The Morgan fingerprint density at radius 1 is 1.29 bits per heavy atom. The van der Waals surface area contributed by atoms with E-state index < -0.39 is 0 Å². The van der Waals surface area contributed by atoms with Crippen LogP contribution in [0.3, 0.4) is 0 Å². The lowest BCUT2D eigenvalue weighted by Gasteiger charge is -2.22. The lowest BCUT2D eigenvalue weighted by molar-refractivity contribution is 0.148. The minimum Gasteiger partial charge on any atom is -0.474 e. The molecule has 2 N–H and O–H groups in total. The zero-order valence-corrected chi connectivity index (χ0v) is 17.4. The van der Waals surface area contributed by atoms with Crippen LogP contribution in [0.25, 0.3) is 0 Å². The molecule has 0 amide bonds. The molecule has 0 spiro atoms. The van der Waals surface area contributed by atoms with Crippen molar-refractivity contribution >= 4 is 29.9 Å². The molecule has 136 valence electrons. The zero-order valence-electron chi connectivity index (χ0n) is 15.0. The molecule has 6 heteroatoms. The average molecular weight is 446 g/mol. The molecule has 1 aromatic heterocycles. The molecule has 0 bridgehead atoms. The minimum absolute atomic E-state index is 0. The van der Waals surface area contributed by atoms with Gasteiger partial charge < -0.3 is 15.4 Å². The van der Waals surface area contributed by atoms with Gasteiger partial charge in [-0.15, -0.1) is 24.0 Å². The second-order valence-corrected chi connectivity index (χ2v) is 6.38. The quantitative estimate of drug-likeness (QED) is 0.396. The number of nitrogens with zero attached hydrogens (tertiary/aromatic N) is 2. The van der Waals surface area contributed by atoms with Gasteiger partial charge in [-0.3, -0.25) is 0 Å². The first-order valence-electron chi connectivity index (χ1n) is 8.83. The van der Waals surface area contributed by atoms with E-state index in [1.54, 1.807) is 0 Å². The molecule has 1 heterocycles. The van der Waals surface area contributed by atoms with Crippen molar-refractivity contribution in [1.82, 2.24) is 15.6 Å². The standard InChI is InChI=1S/C18H30N4O.HI/c1-4-19-18(22-14(2)3)21-13-15-10-11-17(20-12-15)23-16-8-6-5-7-9-16;/h10-12,14,16H,4-9,13H2,1-3H3,(H2,19,21,22);1H. The molecular weight excluding hydrogens is 415 g/mol. The van der Waals surface area contributed by atoms with Gasteiger partial charge in [-0.1, -0.05) is 12.5 Å². The predicted octanol–water partition coefficient (Wildman–Crippen LogP) is 3.87. The molecule has 0 atom stereocenters. The van der Waals surface area contributed by atoms with Crippen LogP contribution >= 0.6 is 24.0 Å². The summed E-state index contributed by atoms with van der Waals surface area (Å²) in [6.45, 7) is 7.73. The van der Waals surface area contributed by atoms with Crippen LogP contribution in [0.15, 0.2) is 23.3 Å². The summed E-state index contributed by atoms with van der Waals surface area (Å²) in [6, 6.07) is 4.37. The molecule has 2 rings (SSSR count). The number of halogens is 1. The second-order valence-electron chi connectivity index (χ2n) is 6.38. The van der Waals surface area contributed by atoms with E-state index in [4.69, 9.17) is 4.74 Å². The maximum atomic E-state index is 5.96. The Hall–Kier alpha value is -1.05. The van der Waals surface area contributed by atoms with Crippen LogP contribution in [0.1, 0.15) is 58.4 Å². The van der Waals surface area contributed by atoms with E-state index in [1.807, 2.05) is 18.3 Å². The molecule has 1 saturated carbocycles. The van der Waals surface area contributed by atoms with Crippen LogP contribution in [0.4, 0.5) is 0 Å². The third kappa shape index (κ3) is 7.68. The third-order valence-corrected chi connectivity index (χ3v) is 3.83. The first kappa shape index (κ1) is 21.0. The van der Waals surface area contributed by atoms with Crippen molar-refractivity contribution in [1.29, 1.82) is 0 Å². The van der Waals surface area contributed by atoms with Crippen molar-refractivity contribution in [3.8, 4) is 5.88 Å². The Kier molecular flexibility index (Phi) is 10.1. The number of rotatable bonds is 6. The summed E-state index contributed by atoms with van der Waals surface area (Å²) in [7, 11) is 0. The minimum atomic E-state index is 0. The topological polar surface area (TPSA) is 58.5 Å². The van der Waals surface area contributed by atoms with Crippen molar-refractivity contribution in [3.05, 3.63) is 23.9 Å². The molecule has 24 heavy (non-hydrogen) atoms. The van der Waals surface area contributed by atoms with E-state index in [1.165, 1.54) is 19.3 Å². The highest BCUT2D eigenvalue weighted by atomic mass is 127.